The molecule has 1 aliphatic rings. The first kappa shape index (κ1) is 15.8. The quantitative estimate of drug-likeness (QED) is 0.891. The summed E-state index contributed by atoms with van der Waals surface area (Å²) in [5.74, 6) is 0.466. The molecule has 0 aromatic heterocycles. The zero-order chi connectivity index (χ0) is 15.3. The van der Waals surface area contributed by atoms with E-state index >= 15 is 0 Å². The van der Waals surface area contributed by atoms with Crippen LogP contribution in [0, 0.1) is 5.92 Å². The molecular formula is C15H22N2O3S. The summed E-state index contributed by atoms with van der Waals surface area (Å²) in [5, 5.41) is 2.67. The van der Waals surface area contributed by atoms with Crippen molar-refractivity contribution < 1.29 is 13.2 Å². The van der Waals surface area contributed by atoms with E-state index in [1.807, 2.05) is 18.2 Å². The van der Waals surface area contributed by atoms with Crippen molar-refractivity contribution in [2.75, 3.05) is 31.6 Å². The van der Waals surface area contributed by atoms with Crippen molar-refractivity contribution in [3.8, 4) is 0 Å². The maximum absolute atomic E-state index is 11.9. The number of nitrogens with one attached hydrogen (secondary N) is 1. The van der Waals surface area contributed by atoms with Crippen LogP contribution in [0.2, 0.25) is 0 Å². The third kappa shape index (κ3) is 5.38. The van der Waals surface area contributed by atoms with Gasteiger partial charge in [0, 0.05) is 25.9 Å². The molecule has 5 nitrogen and oxygen atoms in total. The zero-order valence-electron chi connectivity index (χ0n) is 12.3. The first-order valence-electron chi connectivity index (χ1n) is 7.18. The molecule has 1 N–H and O–H groups in total. The number of sulfone groups is 1. The smallest absolute Gasteiger partial charge is 0.317 e. The van der Waals surface area contributed by atoms with Crippen LogP contribution in [-0.4, -0.2) is 51.0 Å². The van der Waals surface area contributed by atoms with Gasteiger partial charge in [-0.25, -0.2) is 13.2 Å². The predicted molar refractivity (Wildman–Crippen MR) is 82.9 cm³/mol. The Morgan fingerprint density at radius 1 is 1.33 bits per heavy atom. The molecule has 1 heterocycles. The van der Waals surface area contributed by atoms with E-state index in [9.17, 15) is 13.2 Å². The van der Waals surface area contributed by atoms with E-state index in [1.54, 1.807) is 4.90 Å². The molecule has 1 aliphatic heterocycles. The summed E-state index contributed by atoms with van der Waals surface area (Å²) >= 11 is 0. The number of likely N-dealkylation sites (tertiary alicyclic amines) is 1. The summed E-state index contributed by atoms with van der Waals surface area (Å²) < 4.78 is 22.0. The summed E-state index contributed by atoms with van der Waals surface area (Å²) in [4.78, 5) is 13.7. The van der Waals surface area contributed by atoms with E-state index in [4.69, 9.17) is 0 Å². The topological polar surface area (TPSA) is 66.5 Å². The zero-order valence-corrected chi connectivity index (χ0v) is 13.1. The van der Waals surface area contributed by atoms with Gasteiger partial charge in [-0.3, -0.25) is 0 Å². The third-order valence-corrected chi connectivity index (χ3v) is 4.64. The van der Waals surface area contributed by atoms with Crippen LogP contribution in [0.15, 0.2) is 30.3 Å². The van der Waals surface area contributed by atoms with Crippen LogP contribution in [-0.2, 0) is 16.3 Å². The number of rotatable bonds is 5. The first-order chi connectivity index (χ1) is 9.94. The van der Waals surface area contributed by atoms with Crippen LogP contribution >= 0.6 is 0 Å². The van der Waals surface area contributed by atoms with Gasteiger partial charge < -0.3 is 10.2 Å². The number of nitrogens with zero attached hydrogens (tertiary/aromatic N) is 1. The van der Waals surface area contributed by atoms with Crippen LogP contribution in [0.4, 0.5) is 4.79 Å². The van der Waals surface area contributed by atoms with E-state index < -0.39 is 9.84 Å². The van der Waals surface area contributed by atoms with Crippen LogP contribution < -0.4 is 5.32 Å². The number of hydrogen-bond donors (Lipinski definition) is 1. The highest BCUT2D eigenvalue weighted by atomic mass is 32.2. The van der Waals surface area contributed by atoms with E-state index in [1.165, 1.54) is 11.8 Å². The van der Waals surface area contributed by atoms with Gasteiger partial charge in [0.05, 0.1) is 5.75 Å². The molecule has 1 fully saturated rings. The third-order valence-electron chi connectivity index (χ3n) is 3.69. The van der Waals surface area contributed by atoms with Crippen LogP contribution in [0.5, 0.6) is 0 Å². The van der Waals surface area contributed by atoms with Gasteiger partial charge in [0.15, 0.2) is 0 Å². The predicted octanol–water partition coefficient (Wildman–Crippen LogP) is 1.31. The van der Waals surface area contributed by atoms with Gasteiger partial charge in [0.2, 0.25) is 0 Å². The Bertz CT molecular complexity index is 572. The fourth-order valence-corrected chi connectivity index (χ4v) is 3.06. The summed E-state index contributed by atoms with van der Waals surface area (Å²) in [6.07, 6.45) is 3.15. The Labute approximate surface area is 126 Å². The molecule has 1 saturated heterocycles. The summed E-state index contributed by atoms with van der Waals surface area (Å²) in [6.45, 7) is 1.65. The molecule has 0 saturated carbocycles. The highest BCUT2D eigenvalue weighted by Gasteiger charge is 2.26. The van der Waals surface area contributed by atoms with Crippen molar-refractivity contribution in [3.63, 3.8) is 0 Å². The second-order valence-electron chi connectivity index (χ2n) is 5.65. The molecule has 1 unspecified atom stereocenters. The number of amides is 2. The lowest BCUT2D eigenvalue weighted by Crippen LogP contribution is -2.40. The van der Waals surface area contributed by atoms with Gasteiger partial charge in [0.1, 0.15) is 9.84 Å². The molecule has 1 atom stereocenters. The Kier molecular flexibility index (Phi) is 5.22. The lowest BCUT2D eigenvalue weighted by Gasteiger charge is -2.17. The second-order valence-corrected chi connectivity index (χ2v) is 7.91. The van der Waals surface area contributed by atoms with Gasteiger partial charge in [-0.2, -0.15) is 0 Å². The van der Waals surface area contributed by atoms with Crippen molar-refractivity contribution in [2.24, 2.45) is 5.92 Å². The molecule has 0 bridgehead atoms. The minimum absolute atomic E-state index is 0.0139. The van der Waals surface area contributed by atoms with Gasteiger partial charge in [-0.1, -0.05) is 30.3 Å². The molecule has 0 spiro atoms. The van der Waals surface area contributed by atoms with E-state index in [2.05, 4.69) is 17.4 Å². The van der Waals surface area contributed by atoms with Crippen LogP contribution in [0.25, 0.3) is 0 Å². The normalized spacial score (nSPS) is 18.7. The molecule has 0 aliphatic carbocycles. The first-order valence-corrected chi connectivity index (χ1v) is 9.24. The number of hydrogen-bond acceptors (Lipinski definition) is 3. The number of carbonyl (C=O) groups is 1. The van der Waals surface area contributed by atoms with Crippen LogP contribution in [0.1, 0.15) is 12.0 Å². The average molecular weight is 310 g/mol. The monoisotopic (exact) mass is 310 g/mol. The molecule has 2 rings (SSSR count). The Morgan fingerprint density at radius 2 is 2.05 bits per heavy atom. The lowest BCUT2D eigenvalue weighted by molar-refractivity contribution is 0.207. The molecule has 1 aromatic carbocycles. The van der Waals surface area contributed by atoms with Gasteiger partial charge in [0.25, 0.3) is 0 Å². The highest BCUT2D eigenvalue weighted by Crippen LogP contribution is 2.20. The van der Waals surface area contributed by atoms with Crippen molar-refractivity contribution in [3.05, 3.63) is 35.9 Å². The van der Waals surface area contributed by atoms with Crippen molar-refractivity contribution in [1.82, 2.24) is 10.2 Å². The largest absolute Gasteiger partial charge is 0.337 e. The van der Waals surface area contributed by atoms with E-state index in [0.717, 1.165) is 25.9 Å². The molecule has 0 radical (unpaired) electrons. The fourth-order valence-electron chi connectivity index (χ4n) is 2.59. The summed E-state index contributed by atoms with van der Waals surface area (Å²) in [5.41, 5.74) is 1.29. The molecule has 21 heavy (non-hydrogen) atoms. The number of benzene rings is 1. The molecule has 116 valence electrons. The minimum atomic E-state index is -3.03. The molecule has 2 amide bonds. The van der Waals surface area contributed by atoms with Gasteiger partial charge in [-0.05, 0) is 24.3 Å². The van der Waals surface area contributed by atoms with E-state index in [0.29, 0.717) is 5.92 Å². The van der Waals surface area contributed by atoms with Crippen molar-refractivity contribution in [1.29, 1.82) is 0 Å². The maximum atomic E-state index is 11.9. The fraction of sp³-hybridized carbons (Fsp3) is 0.533. The summed E-state index contributed by atoms with van der Waals surface area (Å²) in [6, 6.07) is 10.1. The SMILES string of the molecule is CS(=O)(=O)CCNC(=O)N1CCC(Cc2ccccc2)C1. The standard InChI is InChI=1S/C15H22N2O3S/c1-21(19,20)10-8-16-15(18)17-9-7-14(12-17)11-13-5-3-2-4-6-13/h2-6,14H,7-12H2,1H3,(H,16,18). The lowest BCUT2D eigenvalue weighted by atomic mass is 9.99. The molecule has 6 heteroatoms. The maximum Gasteiger partial charge on any atom is 0.317 e. The average Bonchev–Trinajstić information content (AvgIpc) is 2.87. The molecular weight excluding hydrogens is 288 g/mol. The highest BCUT2D eigenvalue weighted by molar-refractivity contribution is 7.90. The second kappa shape index (κ2) is 6.93. The number of urea groups is 1. The Morgan fingerprint density at radius 3 is 2.71 bits per heavy atom. The van der Waals surface area contributed by atoms with Gasteiger partial charge in [-0.15, -0.1) is 0 Å². The Hall–Kier alpha value is -1.56. The molecule has 1 aromatic rings. The van der Waals surface area contributed by atoms with Crippen molar-refractivity contribution >= 4 is 15.9 Å². The van der Waals surface area contributed by atoms with E-state index in [-0.39, 0.29) is 18.3 Å². The minimum Gasteiger partial charge on any atom is -0.337 e. The van der Waals surface area contributed by atoms with Crippen LogP contribution in [0.3, 0.4) is 0 Å². The summed E-state index contributed by atoms with van der Waals surface area (Å²) in [7, 11) is -3.03. The Balaban J connectivity index is 1.75. The van der Waals surface area contributed by atoms with Gasteiger partial charge >= 0.3 is 6.03 Å². The van der Waals surface area contributed by atoms with Crippen molar-refractivity contribution in [2.45, 2.75) is 12.8 Å². The number of carbonyl (C=O) groups excluding carboxylic acids is 1.